The summed E-state index contributed by atoms with van der Waals surface area (Å²) in [7, 11) is 0. The van der Waals surface area contributed by atoms with Crippen molar-refractivity contribution in [2.24, 2.45) is 0 Å². The number of halogens is 1. The minimum atomic E-state index is -0.860. The Morgan fingerprint density at radius 1 is 1.13 bits per heavy atom. The van der Waals surface area contributed by atoms with Crippen molar-refractivity contribution in [1.29, 1.82) is 0 Å². The molecular formula is C18H17FN2O2. The number of hydrogen-bond donors (Lipinski definition) is 2. The maximum Gasteiger partial charge on any atom is 0.240 e. The van der Waals surface area contributed by atoms with Crippen LogP contribution in [0.4, 0.5) is 4.39 Å². The third-order valence-corrected chi connectivity index (χ3v) is 3.74. The van der Waals surface area contributed by atoms with Gasteiger partial charge in [-0.25, -0.2) is 4.39 Å². The maximum atomic E-state index is 12.8. The first-order chi connectivity index (χ1) is 11.1. The highest BCUT2D eigenvalue weighted by Crippen LogP contribution is 2.15. The summed E-state index contributed by atoms with van der Waals surface area (Å²) in [5.41, 5.74) is 1.56. The maximum absolute atomic E-state index is 12.8. The zero-order valence-electron chi connectivity index (χ0n) is 12.4. The van der Waals surface area contributed by atoms with E-state index in [1.165, 1.54) is 24.3 Å². The fourth-order valence-corrected chi connectivity index (χ4v) is 2.50. The molecule has 2 N–H and O–H groups in total. The Morgan fingerprint density at radius 2 is 1.87 bits per heavy atom. The van der Waals surface area contributed by atoms with Crippen molar-refractivity contribution >= 4 is 16.8 Å². The number of fused-ring (bicyclic) bond motifs is 1. The standard InChI is InChI=1S/C18H17FN2O2/c19-15-7-5-14(6-8-15)17(22)11-20-18(23)12-21-10-9-13-3-1-2-4-16(13)21/h1-10,17,22H,11-12H2,(H,20,23). The Morgan fingerprint density at radius 3 is 2.65 bits per heavy atom. The van der Waals surface area contributed by atoms with Gasteiger partial charge in [0, 0.05) is 18.3 Å². The molecule has 1 heterocycles. The van der Waals surface area contributed by atoms with Gasteiger partial charge in [-0.2, -0.15) is 0 Å². The number of para-hydroxylation sites is 1. The minimum Gasteiger partial charge on any atom is -0.387 e. The van der Waals surface area contributed by atoms with Crippen LogP contribution in [0.1, 0.15) is 11.7 Å². The fraction of sp³-hybridized carbons (Fsp3) is 0.167. The highest BCUT2D eigenvalue weighted by atomic mass is 19.1. The number of aromatic nitrogens is 1. The van der Waals surface area contributed by atoms with Gasteiger partial charge in [-0.1, -0.05) is 30.3 Å². The van der Waals surface area contributed by atoms with E-state index in [1.54, 1.807) is 0 Å². The van der Waals surface area contributed by atoms with E-state index in [1.807, 2.05) is 41.1 Å². The van der Waals surface area contributed by atoms with Crippen LogP contribution in [-0.2, 0) is 11.3 Å². The molecule has 0 bridgehead atoms. The van der Waals surface area contributed by atoms with Gasteiger partial charge in [-0.3, -0.25) is 4.79 Å². The van der Waals surface area contributed by atoms with E-state index >= 15 is 0 Å². The number of benzene rings is 2. The Labute approximate surface area is 133 Å². The van der Waals surface area contributed by atoms with Crippen molar-refractivity contribution in [3.63, 3.8) is 0 Å². The largest absolute Gasteiger partial charge is 0.387 e. The molecule has 0 fully saturated rings. The summed E-state index contributed by atoms with van der Waals surface area (Å²) in [5.74, 6) is -0.544. The summed E-state index contributed by atoms with van der Waals surface area (Å²) in [4.78, 5) is 12.0. The molecule has 0 saturated heterocycles. The van der Waals surface area contributed by atoms with Crippen molar-refractivity contribution in [1.82, 2.24) is 9.88 Å². The molecule has 0 aliphatic rings. The number of hydrogen-bond acceptors (Lipinski definition) is 2. The van der Waals surface area contributed by atoms with Crippen LogP contribution in [0.15, 0.2) is 60.8 Å². The van der Waals surface area contributed by atoms with Gasteiger partial charge in [0.2, 0.25) is 5.91 Å². The van der Waals surface area contributed by atoms with E-state index in [-0.39, 0.29) is 24.8 Å². The molecule has 4 nitrogen and oxygen atoms in total. The molecule has 2 aromatic carbocycles. The van der Waals surface area contributed by atoms with Gasteiger partial charge >= 0.3 is 0 Å². The van der Waals surface area contributed by atoms with Crippen LogP contribution >= 0.6 is 0 Å². The lowest BCUT2D eigenvalue weighted by molar-refractivity contribution is -0.122. The van der Waals surface area contributed by atoms with Crippen molar-refractivity contribution in [3.8, 4) is 0 Å². The molecule has 1 unspecified atom stereocenters. The molecule has 0 aliphatic carbocycles. The van der Waals surface area contributed by atoms with Gasteiger partial charge < -0.3 is 15.0 Å². The van der Waals surface area contributed by atoms with Crippen LogP contribution in [0.25, 0.3) is 10.9 Å². The number of carbonyl (C=O) groups excluding carboxylic acids is 1. The minimum absolute atomic E-state index is 0.0870. The number of aliphatic hydroxyl groups excluding tert-OH is 1. The summed E-state index contributed by atoms with van der Waals surface area (Å²) < 4.78 is 14.7. The molecule has 1 atom stereocenters. The number of rotatable bonds is 5. The predicted octanol–water partition coefficient (Wildman–Crippen LogP) is 2.63. The number of aliphatic hydroxyl groups is 1. The lowest BCUT2D eigenvalue weighted by atomic mass is 10.1. The molecule has 23 heavy (non-hydrogen) atoms. The Kier molecular flexibility index (Phi) is 4.39. The van der Waals surface area contributed by atoms with Crippen LogP contribution < -0.4 is 5.32 Å². The van der Waals surface area contributed by atoms with E-state index in [2.05, 4.69) is 5.32 Å². The summed E-state index contributed by atoms with van der Waals surface area (Å²) in [5, 5.41) is 13.8. The SMILES string of the molecule is O=C(Cn1ccc2ccccc21)NCC(O)c1ccc(F)cc1. The van der Waals surface area contributed by atoms with Crippen molar-refractivity contribution in [3.05, 3.63) is 72.2 Å². The van der Waals surface area contributed by atoms with Gasteiger partial charge in [0.15, 0.2) is 0 Å². The van der Waals surface area contributed by atoms with E-state index in [9.17, 15) is 14.3 Å². The molecule has 3 aromatic rings. The quantitative estimate of drug-likeness (QED) is 0.761. The summed E-state index contributed by atoms with van der Waals surface area (Å²) >= 11 is 0. The van der Waals surface area contributed by atoms with E-state index in [4.69, 9.17) is 0 Å². The molecule has 5 heteroatoms. The molecular weight excluding hydrogens is 295 g/mol. The molecule has 3 rings (SSSR count). The first kappa shape index (κ1) is 15.2. The van der Waals surface area contributed by atoms with Gasteiger partial charge in [0.25, 0.3) is 0 Å². The monoisotopic (exact) mass is 312 g/mol. The molecule has 118 valence electrons. The number of amides is 1. The van der Waals surface area contributed by atoms with Crippen LogP contribution in [-0.4, -0.2) is 22.1 Å². The molecule has 0 spiro atoms. The lowest BCUT2D eigenvalue weighted by Crippen LogP contribution is -2.31. The highest BCUT2D eigenvalue weighted by molar-refractivity contribution is 5.83. The van der Waals surface area contributed by atoms with E-state index in [0.717, 1.165) is 10.9 Å². The van der Waals surface area contributed by atoms with Gasteiger partial charge in [-0.05, 0) is 35.2 Å². The first-order valence-corrected chi connectivity index (χ1v) is 7.37. The molecule has 0 saturated carbocycles. The third kappa shape index (κ3) is 3.57. The second-order valence-electron chi connectivity index (χ2n) is 5.37. The Hall–Kier alpha value is -2.66. The zero-order chi connectivity index (χ0) is 16.2. The summed E-state index contributed by atoms with van der Waals surface area (Å²) in [6, 6.07) is 15.4. The fourth-order valence-electron chi connectivity index (χ4n) is 2.50. The van der Waals surface area contributed by atoms with Crippen LogP contribution in [0.5, 0.6) is 0 Å². The third-order valence-electron chi connectivity index (χ3n) is 3.74. The van der Waals surface area contributed by atoms with E-state index < -0.39 is 6.10 Å². The molecule has 0 radical (unpaired) electrons. The summed E-state index contributed by atoms with van der Waals surface area (Å²) in [6.07, 6.45) is 1.00. The van der Waals surface area contributed by atoms with Crippen LogP contribution in [0.3, 0.4) is 0 Å². The lowest BCUT2D eigenvalue weighted by Gasteiger charge is -2.13. The average molecular weight is 312 g/mol. The van der Waals surface area contributed by atoms with Crippen molar-refractivity contribution in [2.45, 2.75) is 12.6 Å². The molecule has 0 aliphatic heterocycles. The van der Waals surface area contributed by atoms with Gasteiger partial charge in [-0.15, -0.1) is 0 Å². The van der Waals surface area contributed by atoms with Crippen LogP contribution in [0.2, 0.25) is 0 Å². The zero-order valence-corrected chi connectivity index (χ0v) is 12.4. The average Bonchev–Trinajstić information content (AvgIpc) is 2.96. The Bertz CT molecular complexity index is 811. The highest BCUT2D eigenvalue weighted by Gasteiger charge is 2.11. The topological polar surface area (TPSA) is 54.3 Å². The van der Waals surface area contributed by atoms with E-state index in [0.29, 0.717) is 5.56 Å². The van der Waals surface area contributed by atoms with Crippen molar-refractivity contribution < 1.29 is 14.3 Å². The Balaban J connectivity index is 1.58. The normalized spacial score (nSPS) is 12.3. The molecule has 1 aromatic heterocycles. The summed E-state index contributed by atoms with van der Waals surface area (Å²) in [6.45, 7) is 0.271. The van der Waals surface area contributed by atoms with Crippen LogP contribution in [0, 0.1) is 5.82 Å². The van der Waals surface area contributed by atoms with Gasteiger partial charge in [0.1, 0.15) is 12.4 Å². The number of carbonyl (C=O) groups is 1. The predicted molar refractivity (Wildman–Crippen MR) is 86.3 cm³/mol. The first-order valence-electron chi connectivity index (χ1n) is 7.37. The second kappa shape index (κ2) is 6.62. The number of nitrogens with zero attached hydrogens (tertiary/aromatic N) is 1. The van der Waals surface area contributed by atoms with Gasteiger partial charge in [0.05, 0.1) is 6.10 Å². The second-order valence-corrected chi connectivity index (χ2v) is 5.37. The number of nitrogens with one attached hydrogen (secondary N) is 1. The molecule has 1 amide bonds. The smallest absolute Gasteiger partial charge is 0.240 e. The van der Waals surface area contributed by atoms with Crippen molar-refractivity contribution in [2.75, 3.05) is 6.54 Å².